The minimum atomic E-state index is -3.48. The Morgan fingerprint density at radius 2 is 2.28 bits per heavy atom. The standard InChI is InChI=1S/C8H18ClN2O5PS/c1-18(13,14)16-8-6-11-5-2-7-15-17(11,12)10-4-3-9/h2-8H2,1H3,(H,10,12). The number of hydrogen-bond donors (Lipinski definition) is 1. The van der Waals surface area contributed by atoms with Crippen LogP contribution in [0.3, 0.4) is 0 Å². The van der Waals surface area contributed by atoms with Crippen molar-refractivity contribution >= 4 is 29.4 Å². The van der Waals surface area contributed by atoms with Crippen LogP contribution in [0.25, 0.3) is 0 Å². The van der Waals surface area contributed by atoms with Gasteiger partial charge in [0.05, 0.1) is 19.5 Å². The van der Waals surface area contributed by atoms with E-state index in [0.29, 0.717) is 25.6 Å². The molecule has 1 N–H and O–H groups in total. The number of hydrogen-bond acceptors (Lipinski definition) is 5. The molecule has 10 heteroatoms. The highest BCUT2D eigenvalue weighted by molar-refractivity contribution is 7.85. The SMILES string of the molecule is CS(=O)(=O)OCCN1CCCOP1(=O)NCCCl. The topological polar surface area (TPSA) is 84.9 Å². The smallest absolute Gasteiger partial charge is 0.306 e. The third-order valence-electron chi connectivity index (χ3n) is 2.25. The molecule has 0 spiro atoms. The van der Waals surface area contributed by atoms with E-state index in [1.165, 1.54) is 0 Å². The first kappa shape index (κ1) is 16.4. The van der Waals surface area contributed by atoms with Gasteiger partial charge in [-0.25, -0.2) is 9.76 Å². The highest BCUT2D eigenvalue weighted by atomic mass is 35.5. The molecule has 1 atom stereocenters. The lowest BCUT2D eigenvalue weighted by Crippen LogP contribution is -2.37. The third-order valence-corrected chi connectivity index (χ3v) is 5.34. The monoisotopic (exact) mass is 320 g/mol. The van der Waals surface area contributed by atoms with Crippen molar-refractivity contribution in [1.29, 1.82) is 0 Å². The van der Waals surface area contributed by atoms with Crippen molar-refractivity contribution in [3.05, 3.63) is 0 Å². The van der Waals surface area contributed by atoms with E-state index >= 15 is 0 Å². The van der Waals surface area contributed by atoms with Gasteiger partial charge in [-0.2, -0.15) is 8.42 Å². The Bertz CT molecular complexity index is 404. The molecule has 1 saturated heterocycles. The van der Waals surface area contributed by atoms with Crippen LogP contribution in [0.4, 0.5) is 0 Å². The molecular formula is C8H18ClN2O5PS. The first-order valence-corrected chi connectivity index (χ1v) is 9.46. The Kier molecular flexibility index (Phi) is 6.54. The van der Waals surface area contributed by atoms with Gasteiger partial charge in [0, 0.05) is 25.5 Å². The van der Waals surface area contributed by atoms with Crippen LogP contribution < -0.4 is 5.09 Å². The maximum absolute atomic E-state index is 12.4. The highest BCUT2D eigenvalue weighted by Gasteiger charge is 2.34. The summed E-state index contributed by atoms with van der Waals surface area (Å²) < 4.78 is 45.5. The van der Waals surface area contributed by atoms with Gasteiger partial charge < -0.3 is 4.52 Å². The lowest BCUT2D eigenvalue weighted by atomic mass is 10.4. The Balaban J connectivity index is 2.51. The Hall–Kier alpha value is 0.310. The quantitative estimate of drug-likeness (QED) is 0.418. The summed E-state index contributed by atoms with van der Waals surface area (Å²) in [6.07, 6.45) is 1.72. The van der Waals surface area contributed by atoms with Gasteiger partial charge in [-0.1, -0.05) is 0 Å². The maximum atomic E-state index is 12.4. The summed E-state index contributed by atoms with van der Waals surface area (Å²) in [5, 5.41) is 2.77. The number of rotatable bonds is 7. The predicted molar refractivity (Wildman–Crippen MR) is 69.3 cm³/mol. The van der Waals surface area contributed by atoms with Gasteiger partial charge in [0.1, 0.15) is 0 Å². The van der Waals surface area contributed by atoms with Gasteiger partial charge in [0.25, 0.3) is 10.1 Å². The fraction of sp³-hybridized carbons (Fsp3) is 1.00. The average molecular weight is 321 g/mol. The summed E-state index contributed by atoms with van der Waals surface area (Å²) in [4.78, 5) is 0. The molecule has 18 heavy (non-hydrogen) atoms. The van der Waals surface area contributed by atoms with Crippen molar-refractivity contribution in [1.82, 2.24) is 9.76 Å². The Labute approximate surface area is 112 Å². The van der Waals surface area contributed by atoms with Crippen LogP contribution in [0.5, 0.6) is 0 Å². The van der Waals surface area contributed by atoms with Crippen molar-refractivity contribution in [2.24, 2.45) is 0 Å². The van der Waals surface area contributed by atoms with Crippen LogP contribution in [0.1, 0.15) is 6.42 Å². The van der Waals surface area contributed by atoms with Crippen LogP contribution in [0.2, 0.25) is 0 Å². The lowest BCUT2D eigenvalue weighted by molar-refractivity contribution is 0.182. The van der Waals surface area contributed by atoms with Crippen LogP contribution in [0, 0.1) is 0 Å². The normalized spacial score (nSPS) is 26.3. The fourth-order valence-corrected chi connectivity index (χ4v) is 4.09. The summed E-state index contributed by atoms with van der Waals surface area (Å²) in [6, 6.07) is 0. The zero-order valence-electron chi connectivity index (χ0n) is 10.2. The number of nitrogens with zero attached hydrogens (tertiary/aromatic N) is 1. The molecule has 0 amide bonds. The molecule has 1 rings (SSSR count). The van der Waals surface area contributed by atoms with Gasteiger partial charge in [-0.15, -0.1) is 11.6 Å². The van der Waals surface area contributed by atoms with Crippen molar-refractivity contribution in [2.45, 2.75) is 6.42 Å². The second-order valence-corrected chi connectivity index (χ2v) is 7.99. The number of alkyl halides is 1. The third kappa shape index (κ3) is 5.52. The van der Waals surface area contributed by atoms with Crippen LogP contribution in [-0.2, 0) is 23.4 Å². The van der Waals surface area contributed by atoms with Gasteiger partial charge >= 0.3 is 7.67 Å². The molecule has 1 unspecified atom stereocenters. The summed E-state index contributed by atoms with van der Waals surface area (Å²) in [5.41, 5.74) is 0. The van der Waals surface area contributed by atoms with Crippen molar-refractivity contribution in [3.8, 4) is 0 Å². The molecule has 1 aliphatic rings. The van der Waals surface area contributed by atoms with Gasteiger partial charge in [-0.3, -0.25) is 8.75 Å². The highest BCUT2D eigenvalue weighted by Crippen LogP contribution is 2.48. The van der Waals surface area contributed by atoms with E-state index < -0.39 is 17.8 Å². The largest absolute Gasteiger partial charge is 0.343 e. The second kappa shape index (κ2) is 7.19. The van der Waals surface area contributed by atoms with Gasteiger partial charge in [0.2, 0.25) is 0 Å². The molecule has 108 valence electrons. The van der Waals surface area contributed by atoms with E-state index in [1.54, 1.807) is 4.67 Å². The fourth-order valence-electron chi connectivity index (χ4n) is 1.52. The molecule has 1 aliphatic heterocycles. The first-order chi connectivity index (χ1) is 8.37. The van der Waals surface area contributed by atoms with Crippen molar-refractivity contribution in [3.63, 3.8) is 0 Å². The Morgan fingerprint density at radius 1 is 1.56 bits per heavy atom. The average Bonchev–Trinajstić information content (AvgIpc) is 2.28. The first-order valence-electron chi connectivity index (χ1n) is 5.53. The molecule has 0 aromatic heterocycles. The van der Waals surface area contributed by atoms with Crippen molar-refractivity contribution < 1.29 is 21.7 Å². The van der Waals surface area contributed by atoms with E-state index in [9.17, 15) is 13.0 Å². The summed E-state index contributed by atoms with van der Waals surface area (Å²) in [6.45, 7) is 1.52. The molecule has 1 fully saturated rings. The second-order valence-electron chi connectivity index (χ2n) is 3.78. The minimum absolute atomic E-state index is 0.0469. The minimum Gasteiger partial charge on any atom is -0.306 e. The molecule has 1 heterocycles. The van der Waals surface area contributed by atoms with E-state index in [4.69, 9.17) is 16.1 Å². The lowest BCUT2D eigenvalue weighted by Gasteiger charge is -2.34. The molecule has 0 aromatic carbocycles. The van der Waals surface area contributed by atoms with Gasteiger partial charge in [-0.05, 0) is 6.42 Å². The van der Waals surface area contributed by atoms with E-state index in [-0.39, 0.29) is 13.2 Å². The Morgan fingerprint density at radius 3 is 2.89 bits per heavy atom. The molecule has 0 aliphatic carbocycles. The van der Waals surface area contributed by atoms with Crippen LogP contribution in [0.15, 0.2) is 0 Å². The van der Waals surface area contributed by atoms with Crippen LogP contribution in [-0.4, -0.2) is 58.1 Å². The van der Waals surface area contributed by atoms with E-state index in [0.717, 1.165) is 12.7 Å². The number of halogens is 1. The summed E-state index contributed by atoms with van der Waals surface area (Å²) >= 11 is 5.53. The maximum Gasteiger partial charge on any atom is 0.343 e. The molecule has 0 saturated carbocycles. The van der Waals surface area contributed by atoms with Crippen LogP contribution >= 0.6 is 19.3 Å². The molecule has 0 bridgehead atoms. The molecule has 7 nitrogen and oxygen atoms in total. The summed E-state index contributed by atoms with van der Waals surface area (Å²) in [5.74, 6) is 0.320. The van der Waals surface area contributed by atoms with Crippen molar-refractivity contribution in [2.75, 3.05) is 45.0 Å². The summed E-state index contributed by atoms with van der Waals surface area (Å²) in [7, 11) is -6.58. The van der Waals surface area contributed by atoms with E-state index in [2.05, 4.69) is 9.27 Å². The molecule has 0 radical (unpaired) electrons. The van der Waals surface area contributed by atoms with Gasteiger partial charge in [0.15, 0.2) is 0 Å². The number of nitrogens with one attached hydrogen (secondary N) is 1. The molecule has 0 aromatic rings. The zero-order chi connectivity index (χ0) is 13.6. The predicted octanol–water partition coefficient (Wildman–Crippen LogP) is 0.621. The van der Waals surface area contributed by atoms with E-state index in [1.807, 2.05) is 0 Å². The zero-order valence-corrected chi connectivity index (χ0v) is 12.6. The molecular weight excluding hydrogens is 303 g/mol.